The van der Waals surface area contributed by atoms with Crippen molar-refractivity contribution in [2.75, 3.05) is 51.3 Å². The number of nitrogens with zero attached hydrogens (tertiary/aromatic N) is 3. The van der Waals surface area contributed by atoms with Gasteiger partial charge in [0, 0.05) is 44.8 Å². The van der Waals surface area contributed by atoms with Gasteiger partial charge in [-0.1, -0.05) is 23.7 Å². The number of sulfone groups is 1. The molecule has 1 aliphatic heterocycles. The molecule has 8 heteroatoms. The van der Waals surface area contributed by atoms with E-state index in [9.17, 15) is 8.42 Å². The van der Waals surface area contributed by atoms with Crippen molar-refractivity contribution in [1.29, 1.82) is 0 Å². The predicted molar refractivity (Wildman–Crippen MR) is 104 cm³/mol. The van der Waals surface area contributed by atoms with Crippen molar-refractivity contribution in [2.45, 2.75) is 13.5 Å². The zero-order valence-electron chi connectivity index (χ0n) is 14.9. The second kappa shape index (κ2) is 9.40. The number of hydrogen-bond donors (Lipinski definition) is 1. The zero-order valence-corrected chi connectivity index (χ0v) is 16.5. The highest BCUT2D eigenvalue weighted by molar-refractivity contribution is 7.91. The zero-order chi connectivity index (χ0) is 18.3. The molecular formula is C17H27ClN4O2S. The third-order valence-electron chi connectivity index (χ3n) is 4.12. The molecule has 1 fully saturated rings. The SMILES string of the molecule is CCNC(=NCCN1CCS(=O)(=O)CC1)N(C)Cc1cccc(Cl)c1. The van der Waals surface area contributed by atoms with Crippen molar-refractivity contribution in [3.8, 4) is 0 Å². The molecule has 0 aromatic heterocycles. The van der Waals surface area contributed by atoms with Gasteiger partial charge in [0.25, 0.3) is 0 Å². The molecule has 1 aromatic rings. The maximum absolute atomic E-state index is 11.5. The summed E-state index contributed by atoms with van der Waals surface area (Å²) in [6, 6.07) is 7.80. The van der Waals surface area contributed by atoms with E-state index < -0.39 is 9.84 Å². The van der Waals surface area contributed by atoms with Gasteiger partial charge in [-0.25, -0.2) is 8.42 Å². The quantitative estimate of drug-likeness (QED) is 0.592. The summed E-state index contributed by atoms with van der Waals surface area (Å²) < 4.78 is 22.9. The summed E-state index contributed by atoms with van der Waals surface area (Å²) in [5, 5.41) is 4.03. The van der Waals surface area contributed by atoms with Gasteiger partial charge in [0.15, 0.2) is 15.8 Å². The molecule has 0 amide bonds. The maximum Gasteiger partial charge on any atom is 0.194 e. The van der Waals surface area contributed by atoms with E-state index in [4.69, 9.17) is 11.6 Å². The Hall–Kier alpha value is -1.31. The number of halogens is 1. The third kappa shape index (κ3) is 6.84. The minimum atomic E-state index is -2.83. The predicted octanol–water partition coefficient (Wildman–Crippen LogP) is 1.47. The van der Waals surface area contributed by atoms with Crippen LogP contribution in [0.4, 0.5) is 0 Å². The Bertz CT molecular complexity index is 680. The van der Waals surface area contributed by atoms with Crippen LogP contribution in [0.2, 0.25) is 5.02 Å². The van der Waals surface area contributed by atoms with Crippen molar-refractivity contribution in [2.24, 2.45) is 4.99 Å². The van der Waals surface area contributed by atoms with Crippen LogP contribution in [0.3, 0.4) is 0 Å². The van der Waals surface area contributed by atoms with Crippen molar-refractivity contribution < 1.29 is 8.42 Å². The third-order valence-corrected chi connectivity index (χ3v) is 5.96. The Balaban J connectivity index is 1.89. The number of rotatable bonds is 6. The number of benzene rings is 1. The molecule has 0 radical (unpaired) electrons. The molecular weight excluding hydrogens is 360 g/mol. The summed E-state index contributed by atoms with van der Waals surface area (Å²) in [7, 11) is -0.830. The first-order chi connectivity index (χ1) is 11.9. The van der Waals surface area contributed by atoms with E-state index in [0.29, 0.717) is 26.2 Å². The van der Waals surface area contributed by atoms with Crippen LogP contribution in [0.1, 0.15) is 12.5 Å². The first kappa shape index (κ1) is 20.0. The molecule has 2 rings (SSSR count). The highest BCUT2D eigenvalue weighted by atomic mass is 35.5. The van der Waals surface area contributed by atoms with Gasteiger partial charge in [-0.3, -0.25) is 9.89 Å². The largest absolute Gasteiger partial charge is 0.357 e. The van der Waals surface area contributed by atoms with Crippen LogP contribution < -0.4 is 5.32 Å². The van der Waals surface area contributed by atoms with Crippen molar-refractivity contribution in [3.05, 3.63) is 34.9 Å². The van der Waals surface area contributed by atoms with Crippen molar-refractivity contribution in [3.63, 3.8) is 0 Å². The van der Waals surface area contributed by atoms with E-state index in [1.165, 1.54) is 0 Å². The summed E-state index contributed by atoms with van der Waals surface area (Å²) in [6.45, 7) is 6.17. The Morgan fingerprint density at radius 3 is 2.72 bits per heavy atom. The van der Waals surface area contributed by atoms with Crippen LogP contribution in [0.15, 0.2) is 29.3 Å². The van der Waals surface area contributed by atoms with Crippen LogP contribution in [-0.2, 0) is 16.4 Å². The monoisotopic (exact) mass is 386 g/mol. The number of nitrogens with one attached hydrogen (secondary N) is 1. The van der Waals surface area contributed by atoms with Gasteiger partial charge in [0.1, 0.15) is 0 Å². The van der Waals surface area contributed by atoms with Crippen molar-refractivity contribution >= 4 is 27.4 Å². The first-order valence-electron chi connectivity index (χ1n) is 8.56. The van der Waals surface area contributed by atoms with Crippen molar-refractivity contribution in [1.82, 2.24) is 15.1 Å². The molecule has 25 heavy (non-hydrogen) atoms. The molecule has 6 nitrogen and oxygen atoms in total. The second-order valence-corrected chi connectivity index (χ2v) is 8.96. The Labute approximate surface area is 155 Å². The molecule has 140 valence electrons. The van der Waals surface area contributed by atoms with Gasteiger partial charge in [-0.2, -0.15) is 0 Å². The molecule has 1 aliphatic rings. The van der Waals surface area contributed by atoms with E-state index in [-0.39, 0.29) is 11.5 Å². The highest BCUT2D eigenvalue weighted by Gasteiger charge is 2.20. The fraction of sp³-hybridized carbons (Fsp3) is 0.588. The molecule has 0 atom stereocenters. The van der Waals surface area contributed by atoms with Crippen LogP contribution >= 0.6 is 11.6 Å². The molecule has 0 spiro atoms. The van der Waals surface area contributed by atoms with E-state index in [0.717, 1.165) is 29.6 Å². The summed E-state index contributed by atoms with van der Waals surface area (Å²) in [4.78, 5) is 8.89. The fourth-order valence-electron chi connectivity index (χ4n) is 2.72. The number of hydrogen-bond acceptors (Lipinski definition) is 4. The standard InChI is InChI=1S/C17H27ClN4O2S/c1-3-19-17(21(2)14-15-5-4-6-16(18)13-15)20-7-8-22-9-11-25(23,24)12-10-22/h4-6,13H,3,7-12,14H2,1-2H3,(H,19,20). The number of guanidine groups is 1. The van der Waals surface area contributed by atoms with Crippen LogP contribution in [-0.4, -0.2) is 75.5 Å². The lowest BCUT2D eigenvalue weighted by Gasteiger charge is -2.26. The lowest BCUT2D eigenvalue weighted by molar-refractivity contribution is 0.303. The minimum absolute atomic E-state index is 0.255. The van der Waals surface area contributed by atoms with Gasteiger partial charge in [0.05, 0.1) is 18.1 Å². The molecule has 0 unspecified atom stereocenters. The minimum Gasteiger partial charge on any atom is -0.357 e. The normalized spacial score (nSPS) is 18.1. The van der Waals surface area contributed by atoms with E-state index in [1.807, 2.05) is 38.2 Å². The number of aliphatic imine (C=N–C) groups is 1. The fourth-order valence-corrected chi connectivity index (χ4v) is 4.21. The second-order valence-electron chi connectivity index (χ2n) is 6.22. The smallest absolute Gasteiger partial charge is 0.194 e. The highest BCUT2D eigenvalue weighted by Crippen LogP contribution is 2.12. The Kier molecular flexibility index (Phi) is 7.53. The van der Waals surface area contributed by atoms with E-state index in [2.05, 4.69) is 20.1 Å². The average molecular weight is 387 g/mol. The van der Waals surface area contributed by atoms with E-state index in [1.54, 1.807) is 0 Å². The van der Waals surface area contributed by atoms with Crippen LogP contribution in [0.25, 0.3) is 0 Å². The average Bonchev–Trinajstić information content (AvgIpc) is 2.55. The van der Waals surface area contributed by atoms with Gasteiger partial charge < -0.3 is 10.2 Å². The summed E-state index contributed by atoms with van der Waals surface area (Å²) in [5.74, 6) is 1.35. The Morgan fingerprint density at radius 2 is 2.08 bits per heavy atom. The van der Waals surface area contributed by atoms with Gasteiger partial charge >= 0.3 is 0 Å². The molecule has 0 saturated carbocycles. The molecule has 1 aromatic carbocycles. The van der Waals surface area contributed by atoms with Gasteiger partial charge in [-0.15, -0.1) is 0 Å². The first-order valence-corrected chi connectivity index (χ1v) is 10.8. The van der Waals surface area contributed by atoms with Crippen LogP contribution in [0.5, 0.6) is 0 Å². The molecule has 1 saturated heterocycles. The van der Waals surface area contributed by atoms with Gasteiger partial charge in [0.2, 0.25) is 0 Å². The molecule has 0 bridgehead atoms. The van der Waals surface area contributed by atoms with E-state index >= 15 is 0 Å². The lowest BCUT2D eigenvalue weighted by atomic mass is 10.2. The topological polar surface area (TPSA) is 65.0 Å². The maximum atomic E-state index is 11.5. The molecule has 1 N–H and O–H groups in total. The lowest BCUT2D eigenvalue weighted by Crippen LogP contribution is -2.42. The summed E-state index contributed by atoms with van der Waals surface area (Å²) >= 11 is 6.05. The Morgan fingerprint density at radius 1 is 1.36 bits per heavy atom. The van der Waals surface area contributed by atoms with Crippen LogP contribution in [0, 0.1) is 0 Å². The molecule has 1 heterocycles. The summed E-state index contributed by atoms with van der Waals surface area (Å²) in [6.07, 6.45) is 0. The van der Waals surface area contributed by atoms with Gasteiger partial charge in [-0.05, 0) is 24.6 Å². The molecule has 0 aliphatic carbocycles. The summed E-state index contributed by atoms with van der Waals surface area (Å²) in [5.41, 5.74) is 1.13.